The zero-order chi connectivity index (χ0) is 16.2. The molecule has 0 atom stereocenters. The van der Waals surface area contributed by atoms with E-state index in [0.29, 0.717) is 0 Å². The average molecular weight is 292 g/mol. The Morgan fingerprint density at radius 1 is 1.27 bits per heavy atom. The fraction of sp³-hybridized carbons (Fsp3) is 0.364. The van der Waals surface area contributed by atoms with Crippen molar-refractivity contribution in [2.45, 2.75) is 47.0 Å². The van der Waals surface area contributed by atoms with E-state index in [-0.39, 0.29) is 5.41 Å². The third kappa shape index (κ3) is 3.68. The molecule has 1 aromatic carbocycles. The fourth-order valence-electron chi connectivity index (χ4n) is 2.89. The Bertz CT molecular complexity index is 636. The van der Waals surface area contributed by atoms with Crippen LogP contribution < -0.4 is 0 Å². The third-order valence-electron chi connectivity index (χ3n) is 4.82. The van der Waals surface area contributed by atoms with Gasteiger partial charge in [-0.2, -0.15) is 0 Å². The van der Waals surface area contributed by atoms with E-state index in [1.165, 1.54) is 22.3 Å². The molecule has 1 aromatic rings. The van der Waals surface area contributed by atoms with Gasteiger partial charge in [0, 0.05) is 0 Å². The monoisotopic (exact) mass is 292 g/mol. The quantitative estimate of drug-likeness (QED) is 0.533. The lowest BCUT2D eigenvalue weighted by Crippen LogP contribution is -2.16. The van der Waals surface area contributed by atoms with Crippen LogP contribution in [0.15, 0.2) is 65.8 Å². The molecule has 0 heteroatoms. The molecule has 0 amide bonds. The van der Waals surface area contributed by atoms with Gasteiger partial charge in [-0.15, -0.1) is 0 Å². The first-order valence-corrected chi connectivity index (χ1v) is 8.29. The Kier molecular flexibility index (Phi) is 5.24. The van der Waals surface area contributed by atoms with Gasteiger partial charge in [0.1, 0.15) is 0 Å². The van der Waals surface area contributed by atoms with E-state index in [9.17, 15) is 0 Å². The van der Waals surface area contributed by atoms with Gasteiger partial charge in [-0.1, -0.05) is 75.9 Å². The number of hydrogen-bond acceptors (Lipinski definition) is 0. The lowest BCUT2D eigenvalue weighted by Gasteiger charge is -2.30. The fourth-order valence-corrected chi connectivity index (χ4v) is 2.89. The molecule has 0 N–H and O–H groups in total. The highest BCUT2D eigenvalue weighted by Gasteiger charge is 2.24. The van der Waals surface area contributed by atoms with Crippen molar-refractivity contribution in [3.05, 3.63) is 76.9 Å². The normalized spacial score (nSPS) is 15.6. The first kappa shape index (κ1) is 16.5. The molecule has 116 valence electrons. The zero-order valence-electron chi connectivity index (χ0n) is 14.4. The van der Waals surface area contributed by atoms with E-state index in [0.717, 1.165) is 24.8 Å². The number of benzene rings is 1. The molecule has 0 bridgehead atoms. The summed E-state index contributed by atoms with van der Waals surface area (Å²) in [4.78, 5) is 0. The number of hydrogen-bond donors (Lipinski definition) is 0. The second-order valence-corrected chi connectivity index (χ2v) is 6.79. The summed E-state index contributed by atoms with van der Waals surface area (Å²) in [5.74, 6) is 0. The van der Waals surface area contributed by atoms with Crippen molar-refractivity contribution in [2.24, 2.45) is 5.41 Å². The summed E-state index contributed by atoms with van der Waals surface area (Å²) in [5.41, 5.74) is 6.83. The zero-order valence-corrected chi connectivity index (χ0v) is 14.4. The number of allylic oxidation sites excluding steroid dienone is 6. The van der Waals surface area contributed by atoms with Gasteiger partial charge >= 0.3 is 0 Å². The van der Waals surface area contributed by atoms with E-state index >= 15 is 0 Å². The molecule has 22 heavy (non-hydrogen) atoms. The van der Waals surface area contributed by atoms with Crippen LogP contribution in [0.3, 0.4) is 0 Å². The summed E-state index contributed by atoms with van der Waals surface area (Å²) >= 11 is 0. The predicted molar refractivity (Wildman–Crippen MR) is 98.8 cm³/mol. The van der Waals surface area contributed by atoms with Crippen LogP contribution in [0, 0.1) is 12.3 Å². The Labute approximate surface area is 136 Å². The Hall–Kier alpha value is -1.82. The highest BCUT2D eigenvalue weighted by Crippen LogP contribution is 2.39. The van der Waals surface area contributed by atoms with Crippen LogP contribution in [-0.4, -0.2) is 0 Å². The van der Waals surface area contributed by atoms with Crippen molar-refractivity contribution in [3.8, 4) is 0 Å². The van der Waals surface area contributed by atoms with Crippen molar-refractivity contribution in [1.29, 1.82) is 0 Å². The van der Waals surface area contributed by atoms with E-state index in [4.69, 9.17) is 0 Å². The van der Waals surface area contributed by atoms with Gasteiger partial charge in [-0.05, 0) is 59.4 Å². The van der Waals surface area contributed by atoms with Crippen LogP contribution in [0.2, 0.25) is 0 Å². The van der Waals surface area contributed by atoms with E-state index < -0.39 is 0 Å². The molecule has 0 heterocycles. The summed E-state index contributed by atoms with van der Waals surface area (Å²) in [6, 6.07) is 8.48. The van der Waals surface area contributed by atoms with Crippen LogP contribution in [0.4, 0.5) is 0 Å². The molecule has 0 saturated heterocycles. The molecule has 0 radical (unpaired) electrons. The molecule has 0 aromatic heterocycles. The van der Waals surface area contributed by atoms with Crippen molar-refractivity contribution in [3.63, 3.8) is 0 Å². The maximum atomic E-state index is 4.34. The molecule has 0 fully saturated rings. The Morgan fingerprint density at radius 2 is 2.00 bits per heavy atom. The molecule has 0 nitrogen and oxygen atoms in total. The number of aryl methyl sites for hydroxylation is 1. The number of rotatable bonds is 5. The molecule has 0 saturated carbocycles. The standard InChI is InChI=1S/C22H28/c1-6-22(4,5)21-14-10-9-13-20(21)18(3)15-16-19-12-8-7-11-17(19)2/h7-8,10-12,14-16H,3,6,9,13H2,1-2,4-5H3/b16-15-. The smallest absolute Gasteiger partial charge is 0.0103 e. The summed E-state index contributed by atoms with van der Waals surface area (Å²) in [6.07, 6.45) is 12.4. The SMILES string of the molecule is C=C(/C=C\c1ccccc1C)C1=C(C(C)(C)CC)C=CCC1. The molecule has 0 spiro atoms. The minimum Gasteiger partial charge on any atom is -0.0915 e. The topological polar surface area (TPSA) is 0 Å². The Balaban J connectivity index is 2.31. The van der Waals surface area contributed by atoms with Crippen molar-refractivity contribution >= 4 is 6.08 Å². The van der Waals surface area contributed by atoms with E-state index in [2.05, 4.69) is 82.8 Å². The first-order valence-electron chi connectivity index (χ1n) is 8.29. The minimum atomic E-state index is 0.214. The van der Waals surface area contributed by atoms with Crippen LogP contribution in [0.1, 0.15) is 51.2 Å². The van der Waals surface area contributed by atoms with E-state index in [1.807, 2.05) is 0 Å². The lowest BCUT2D eigenvalue weighted by atomic mass is 9.75. The van der Waals surface area contributed by atoms with Crippen molar-refractivity contribution in [2.75, 3.05) is 0 Å². The average Bonchev–Trinajstić information content (AvgIpc) is 2.54. The lowest BCUT2D eigenvalue weighted by molar-refractivity contribution is 0.433. The molecule has 1 aliphatic carbocycles. The largest absolute Gasteiger partial charge is 0.0915 e. The van der Waals surface area contributed by atoms with Gasteiger partial charge in [-0.3, -0.25) is 0 Å². The molecular formula is C22H28. The summed E-state index contributed by atoms with van der Waals surface area (Å²) in [6.45, 7) is 13.4. The highest BCUT2D eigenvalue weighted by molar-refractivity contribution is 5.60. The van der Waals surface area contributed by atoms with Crippen LogP contribution in [-0.2, 0) is 0 Å². The maximum Gasteiger partial charge on any atom is -0.0103 e. The van der Waals surface area contributed by atoms with Gasteiger partial charge in [0.25, 0.3) is 0 Å². The third-order valence-corrected chi connectivity index (χ3v) is 4.82. The predicted octanol–water partition coefficient (Wildman–Crippen LogP) is 6.65. The van der Waals surface area contributed by atoms with Gasteiger partial charge in [0.2, 0.25) is 0 Å². The Morgan fingerprint density at radius 3 is 2.68 bits per heavy atom. The maximum absolute atomic E-state index is 4.34. The minimum absolute atomic E-state index is 0.214. The summed E-state index contributed by atoms with van der Waals surface area (Å²) < 4.78 is 0. The van der Waals surface area contributed by atoms with Crippen LogP contribution in [0.25, 0.3) is 6.08 Å². The summed E-state index contributed by atoms with van der Waals surface area (Å²) in [5, 5.41) is 0. The van der Waals surface area contributed by atoms with Crippen molar-refractivity contribution < 1.29 is 0 Å². The van der Waals surface area contributed by atoms with E-state index in [1.54, 1.807) is 0 Å². The van der Waals surface area contributed by atoms with Gasteiger partial charge in [0.05, 0.1) is 0 Å². The summed E-state index contributed by atoms with van der Waals surface area (Å²) in [7, 11) is 0. The van der Waals surface area contributed by atoms with Gasteiger partial charge < -0.3 is 0 Å². The van der Waals surface area contributed by atoms with Gasteiger partial charge in [0.15, 0.2) is 0 Å². The second kappa shape index (κ2) is 6.96. The van der Waals surface area contributed by atoms with Crippen LogP contribution >= 0.6 is 0 Å². The van der Waals surface area contributed by atoms with Crippen LogP contribution in [0.5, 0.6) is 0 Å². The molecular weight excluding hydrogens is 264 g/mol. The molecule has 0 aliphatic heterocycles. The van der Waals surface area contributed by atoms with Crippen molar-refractivity contribution in [1.82, 2.24) is 0 Å². The highest BCUT2D eigenvalue weighted by atomic mass is 14.3. The molecule has 1 aliphatic rings. The second-order valence-electron chi connectivity index (χ2n) is 6.79. The first-order chi connectivity index (χ1) is 10.5. The molecule has 2 rings (SSSR count). The van der Waals surface area contributed by atoms with Gasteiger partial charge in [-0.25, -0.2) is 0 Å². The molecule has 0 unspecified atom stereocenters.